The second-order valence-corrected chi connectivity index (χ2v) is 10.5. The maximum atomic E-state index is 15.0. The van der Waals surface area contributed by atoms with Crippen molar-refractivity contribution in [3.8, 4) is 17.0 Å². The monoisotopic (exact) mass is 533 g/mol. The molecule has 2 amide bonds. The standard InChI is InChI=1S/C24H28FN5O6S/c1-4-21(31)28-37(33,34)17-5-6-18(20(25)13-17)19-14-27-30-22(7-10-26-23(19)30)36-16-8-11-29(12-9-16)24(32)35-15(2)3/h5-7,10,13-16H,4,8-9,11-12H2,1-3H3,(H,28,31). The fraction of sp³-hybridized carbons (Fsp3) is 0.417. The van der Waals surface area contributed by atoms with Crippen LogP contribution in [-0.2, 0) is 19.6 Å². The van der Waals surface area contributed by atoms with E-state index in [1.165, 1.54) is 36.0 Å². The third-order valence-electron chi connectivity index (χ3n) is 5.80. The Hall–Kier alpha value is -3.74. The van der Waals surface area contributed by atoms with Crippen molar-refractivity contribution < 1.29 is 31.9 Å². The predicted octanol–water partition coefficient (Wildman–Crippen LogP) is 3.14. The van der Waals surface area contributed by atoms with Gasteiger partial charge in [-0.2, -0.15) is 9.61 Å². The summed E-state index contributed by atoms with van der Waals surface area (Å²) in [5.41, 5.74) is 0.761. The van der Waals surface area contributed by atoms with E-state index in [1.807, 2.05) is 4.72 Å². The number of amides is 2. The lowest BCUT2D eigenvalue weighted by Crippen LogP contribution is -2.42. The molecule has 13 heteroatoms. The Morgan fingerprint density at radius 3 is 2.57 bits per heavy atom. The van der Waals surface area contributed by atoms with Crippen molar-refractivity contribution in [2.24, 2.45) is 0 Å². The van der Waals surface area contributed by atoms with Crippen LogP contribution in [0.5, 0.6) is 5.88 Å². The lowest BCUT2D eigenvalue weighted by molar-refractivity contribution is -0.119. The highest BCUT2D eigenvalue weighted by molar-refractivity contribution is 7.90. The molecule has 2 aromatic heterocycles. The van der Waals surface area contributed by atoms with Gasteiger partial charge >= 0.3 is 6.09 Å². The van der Waals surface area contributed by atoms with Gasteiger partial charge in [-0.1, -0.05) is 6.92 Å². The second-order valence-electron chi connectivity index (χ2n) is 8.84. The minimum Gasteiger partial charge on any atom is -0.474 e. The van der Waals surface area contributed by atoms with E-state index < -0.39 is 21.7 Å². The number of ether oxygens (including phenoxy) is 2. The molecule has 37 heavy (non-hydrogen) atoms. The molecule has 1 saturated heterocycles. The van der Waals surface area contributed by atoms with E-state index in [9.17, 15) is 18.0 Å². The molecule has 1 aliphatic rings. The second kappa shape index (κ2) is 10.7. The van der Waals surface area contributed by atoms with Gasteiger partial charge in [-0.25, -0.2) is 27.3 Å². The van der Waals surface area contributed by atoms with Crippen LogP contribution in [0.15, 0.2) is 41.6 Å². The predicted molar refractivity (Wildman–Crippen MR) is 131 cm³/mol. The summed E-state index contributed by atoms with van der Waals surface area (Å²) >= 11 is 0. The first-order valence-electron chi connectivity index (χ1n) is 11.9. The number of halogens is 1. The molecule has 3 heterocycles. The molecular weight excluding hydrogens is 505 g/mol. The van der Waals surface area contributed by atoms with Crippen LogP contribution in [0.3, 0.4) is 0 Å². The molecule has 0 radical (unpaired) electrons. The average Bonchev–Trinajstić information content (AvgIpc) is 3.28. The Morgan fingerprint density at radius 2 is 1.92 bits per heavy atom. The lowest BCUT2D eigenvalue weighted by Gasteiger charge is -2.31. The summed E-state index contributed by atoms with van der Waals surface area (Å²) in [6, 6.07) is 5.01. The molecule has 0 aliphatic carbocycles. The minimum atomic E-state index is -4.19. The summed E-state index contributed by atoms with van der Waals surface area (Å²) in [7, 11) is -4.19. The maximum absolute atomic E-state index is 15.0. The zero-order valence-electron chi connectivity index (χ0n) is 20.7. The van der Waals surface area contributed by atoms with Gasteiger partial charge < -0.3 is 14.4 Å². The number of carbonyl (C=O) groups excluding carboxylic acids is 2. The molecule has 0 atom stereocenters. The minimum absolute atomic E-state index is 0.0257. The molecule has 3 aromatic rings. The SMILES string of the molecule is CCC(=O)NS(=O)(=O)c1ccc(-c2cnn3c(OC4CCN(C(=O)OC(C)C)CC4)ccnc23)c(F)c1. The van der Waals surface area contributed by atoms with Gasteiger partial charge in [0, 0.05) is 55.7 Å². The van der Waals surface area contributed by atoms with Gasteiger partial charge in [-0.05, 0) is 32.0 Å². The highest BCUT2D eigenvalue weighted by atomic mass is 32.2. The highest BCUT2D eigenvalue weighted by Gasteiger charge is 2.26. The number of rotatable bonds is 7. The molecule has 0 saturated carbocycles. The summed E-state index contributed by atoms with van der Waals surface area (Å²) in [4.78, 5) is 29.2. The number of sulfonamides is 1. The smallest absolute Gasteiger partial charge is 0.410 e. The molecular formula is C24H28FN5O6S. The number of fused-ring (bicyclic) bond motifs is 1. The van der Waals surface area contributed by atoms with Gasteiger partial charge in [0.2, 0.25) is 11.8 Å². The zero-order valence-corrected chi connectivity index (χ0v) is 21.5. The molecule has 4 rings (SSSR count). The number of piperidine rings is 1. The van der Waals surface area contributed by atoms with Crippen LogP contribution in [0.2, 0.25) is 0 Å². The fourth-order valence-corrected chi connectivity index (χ4v) is 4.98. The molecule has 1 fully saturated rings. The Bertz CT molecular complexity index is 1420. The van der Waals surface area contributed by atoms with Crippen molar-refractivity contribution in [3.63, 3.8) is 0 Å². The lowest BCUT2D eigenvalue weighted by atomic mass is 10.1. The number of hydrogen-bond donors (Lipinski definition) is 1. The summed E-state index contributed by atoms with van der Waals surface area (Å²) in [6.07, 6.45) is 3.42. The Morgan fingerprint density at radius 1 is 1.19 bits per heavy atom. The first kappa shape index (κ1) is 26.3. The van der Waals surface area contributed by atoms with Crippen LogP contribution >= 0.6 is 0 Å². The van der Waals surface area contributed by atoms with Gasteiger partial charge in [-0.3, -0.25) is 4.79 Å². The van der Waals surface area contributed by atoms with Crippen LogP contribution in [0, 0.1) is 5.82 Å². The van der Waals surface area contributed by atoms with Crippen LogP contribution < -0.4 is 9.46 Å². The van der Waals surface area contributed by atoms with E-state index in [0.29, 0.717) is 43.0 Å². The quantitative estimate of drug-likeness (QED) is 0.490. The molecule has 1 N–H and O–H groups in total. The van der Waals surface area contributed by atoms with E-state index in [2.05, 4.69) is 10.1 Å². The molecule has 0 unspecified atom stereocenters. The molecule has 198 valence electrons. The summed E-state index contributed by atoms with van der Waals surface area (Å²) in [5, 5.41) is 4.30. The maximum Gasteiger partial charge on any atom is 0.410 e. The van der Waals surface area contributed by atoms with Crippen LogP contribution in [0.1, 0.15) is 40.0 Å². The van der Waals surface area contributed by atoms with E-state index in [-0.39, 0.29) is 35.2 Å². The van der Waals surface area contributed by atoms with E-state index in [4.69, 9.17) is 9.47 Å². The van der Waals surface area contributed by atoms with E-state index in [1.54, 1.807) is 24.8 Å². The number of carbonyl (C=O) groups is 2. The zero-order chi connectivity index (χ0) is 26.7. The summed E-state index contributed by atoms with van der Waals surface area (Å²) in [6.45, 7) is 6.10. The van der Waals surface area contributed by atoms with Gasteiger partial charge in [0.05, 0.1) is 17.2 Å². The number of benzene rings is 1. The third kappa shape index (κ3) is 5.82. The van der Waals surface area contributed by atoms with Crippen LogP contribution in [0.25, 0.3) is 16.8 Å². The Balaban J connectivity index is 1.52. The molecule has 1 aromatic carbocycles. The van der Waals surface area contributed by atoms with Crippen LogP contribution in [0.4, 0.5) is 9.18 Å². The first-order valence-corrected chi connectivity index (χ1v) is 13.4. The van der Waals surface area contributed by atoms with Crippen molar-refractivity contribution in [3.05, 3.63) is 42.5 Å². The first-order chi connectivity index (χ1) is 17.6. The number of nitrogens with zero attached hydrogens (tertiary/aromatic N) is 4. The van der Waals surface area contributed by atoms with Crippen molar-refractivity contribution in [1.82, 2.24) is 24.2 Å². The van der Waals surface area contributed by atoms with E-state index >= 15 is 4.39 Å². The van der Waals surface area contributed by atoms with E-state index in [0.717, 1.165) is 6.07 Å². The van der Waals surface area contributed by atoms with Gasteiger partial charge in [0.25, 0.3) is 10.0 Å². The Kier molecular flexibility index (Phi) is 7.62. The fourth-order valence-electron chi connectivity index (χ4n) is 3.91. The number of likely N-dealkylation sites (tertiary alicyclic amines) is 1. The van der Waals surface area contributed by atoms with Gasteiger partial charge in [-0.15, -0.1) is 0 Å². The number of aromatic nitrogens is 3. The molecule has 11 nitrogen and oxygen atoms in total. The Labute approximate surface area is 213 Å². The molecule has 0 bridgehead atoms. The van der Waals surface area contributed by atoms with Crippen molar-refractivity contribution >= 4 is 27.7 Å². The average molecular weight is 534 g/mol. The van der Waals surface area contributed by atoms with Gasteiger partial charge in [0.15, 0.2) is 5.65 Å². The van der Waals surface area contributed by atoms with Gasteiger partial charge in [0.1, 0.15) is 11.9 Å². The normalized spacial score (nSPS) is 14.7. The highest BCUT2D eigenvalue weighted by Crippen LogP contribution is 2.30. The van der Waals surface area contributed by atoms with Crippen molar-refractivity contribution in [2.45, 2.75) is 57.1 Å². The topological polar surface area (TPSA) is 132 Å². The third-order valence-corrected chi connectivity index (χ3v) is 7.17. The van der Waals surface area contributed by atoms with Crippen molar-refractivity contribution in [1.29, 1.82) is 0 Å². The molecule has 0 spiro atoms. The number of hydrogen-bond acceptors (Lipinski definition) is 8. The summed E-state index contributed by atoms with van der Waals surface area (Å²) < 4.78 is 54.4. The largest absolute Gasteiger partial charge is 0.474 e. The summed E-state index contributed by atoms with van der Waals surface area (Å²) in [5.74, 6) is -1.10. The van der Waals surface area contributed by atoms with Crippen molar-refractivity contribution in [2.75, 3.05) is 13.1 Å². The molecule has 1 aliphatic heterocycles. The van der Waals surface area contributed by atoms with Crippen LogP contribution in [-0.4, -0.2) is 65.2 Å². The number of nitrogens with one attached hydrogen (secondary N) is 1.